The lowest BCUT2D eigenvalue weighted by Gasteiger charge is -2.25. The molecule has 0 atom stereocenters. The van der Waals surface area contributed by atoms with Crippen LogP contribution in [0.1, 0.15) is 12.6 Å². The summed E-state index contributed by atoms with van der Waals surface area (Å²) in [6, 6.07) is 12.4. The number of hydrogen-bond acceptors (Lipinski definition) is 4. The van der Waals surface area contributed by atoms with Crippen LogP contribution in [0.5, 0.6) is 0 Å². The number of aromatic nitrogens is 1. The van der Waals surface area contributed by atoms with Gasteiger partial charge in [-0.25, -0.2) is 0 Å². The van der Waals surface area contributed by atoms with Gasteiger partial charge in [-0.05, 0) is 26.1 Å². The van der Waals surface area contributed by atoms with Gasteiger partial charge in [0.15, 0.2) is 0 Å². The van der Waals surface area contributed by atoms with E-state index in [4.69, 9.17) is 4.52 Å². The number of anilines is 1. The Bertz CT molecular complexity index is 456. The Morgan fingerprint density at radius 3 is 2.53 bits per heavy atom. The highest BCUT2D eigenvalue weighted by Crippen LogP contribution is 2.12. The predicted octanol–water partition coefficient (Wildman–Crippen LogP) is 2.63. The van der Waals surface area contributed by atoms with Crippen LogP contribution in [-0.4, -0.2) is 36.7 Å². The van der Waals surface area contributed by atoms with Crippen LogP contribution in [0, 0.1) is 0 Å². The summed E-state index contributed by atoms with van der Waals surface area (Å²) in [7, 11) is 2.10. The Morgan fingerprint density at radius 1 is 1.11 bits per heavy atom. The van der Waals surface area contributed by atoms with E-state index in [1.807, 2.05) is 12.1 Å². The fourth-order valence-corrected chi connectivity index (χ4v) is 2.07. The van der Waals surface area contributed by atoms with Gasteiger partial charge in [0.05, 0.1) is 5.69 Å². The molecule has 4 heteroatoms. The number of hydrogen-bond donors (Lipinski definition) is 0. The third-order valence-electron chi connectivity index (χ3n) is 3.18. The van der Waals surface area contributed by atoms with Gasteiger partial charge in [-0.2, -0.15) is 0 Å². The fraction of sp³-hybridized carbons (Fsp3) is 0.400. The highest BCUT2D eigenvalue weighted by molar-refractivity contribution is 5.45. The van der Waals surface area contributed by atoms with E-state index in [0.717, 1.165) is 31.9 Å². The van der Waals surface area contributed by atoms with Gasteiger partial charge in [0, 0.05) is 37.9 Å². The van der Waals surface area contributed by atoms with E-state index in [0.29, 0.717) is 0 Å². The molecule has 0 saturated heterocycles. The molecule has 1 aromatic carbocycles. The van der Waals surface area contributed by atoms with Gasteiger partial charge in [0.1, 0.15) is 6.26 Å². The Kier molecular flexibility index (Phi) is 4.98. The zero-order valence-corrected chi connectivity index (χ0v) is 11.6. The number of benzene rings is 1. The number of para-hydroxylation sites is 1. The zero-order chi connectivity index (χ0) is 13.5. The smallest absolute Gasteiger partial charge is 0.124 e. The molecule has 0 aliphatic carbocycles. The van der Waals surface area contributed by atoms with Gasteiger partial charge in [-0.1, -0.05) is 23.4 Å². The number of likely N-dealkylation sites (N-methyl/N-ethyl adjacent to an activating group) is 2. The molecular formula is C15H21N3O. The zero-order valence-electron chi connectivity index (χ0n) is 11.6. The van der Waals surface area contributed by atoms with Crippen molar-refractivity contribution in [2.45, 2.75) is 13.5 Å². The van der Waals surface area contributed by atoms with E-state index in [-0.39, 0.29) is 0 Å². The summed E-state index contributed by atoms with van der Waals surface area (Å²) in [4.78, 5) is 4.63. The third-order valence-corrected chi connectivity index (χ3v) is 3.18. The van der Waals surface area contributed by atoms with Crippen molar-refractivity contribution in [1.82, 2.24) is 10.1 Å². The maximum absolute atomic E-state index is 4.84. The second-order valence-electron chi connectivity index (χ2n) is 4.64. The second-order valence-corrected chi connectivity index (χ2v) is 4.64. The van der Waals surface area contributed by atoms with Crippen LogP contribution in [0.4, 0.5) is 5.69 Å². The van der Waals surface area contributed by atoms with Crippen LogP contribution in [0.3, 0.4) is 0 Å². The molecule has 0 saturated carbocycles. The van der Waals surface area contributed by atoms with Crippen molar-refractivity contribution in [1.29, 1.82) is 0 Å². The average molecular weight is 259 g/mol. The average Bonchev–Trinajstić information content (AvgIpc) is 2.93. The van der Waals surface area contributed by atoms with Crippen molar-refractivity contribution in [2.75, 3.05) is 31.6 Å². The van der Waals surface area contributed by atoms with Crippen molar-refractivity contribution in [2.24, 2.45) is 0 Å². The van der Waals surface area contributed by atoms with Crippen molar-refractivity contribution in [3.63, 3.8) is 0 Å². The molecular weight excluding hydrogens is 238 g/mol. The summed E-state index contributed by atoms with van der Waals surface area (Å²) in [6.45, 7) is 6.03. The van der Waals surface area contributed by atoms with E-state index in [1.165, 1.54) is 5.69 Å². The monoisotopic (exact) mass is 259 g/mol. The highest BCUT2D eigenvalue weighted by atomic mass is 16.5. The van der Waals surface area contributed by atoms with Crippen molar-refractivity contribution in [3.8, 4) is 0 Å². The first-order valence-electron chi connectivity index (χ1n) is 6.67. The quantitative estimate of drug-likeness (QED) is 0.765. The summed E-state index contributed by atoms with van der Waals surface area (Å²) >= 11 is 0. The van der Waals surface area contributed by atoms with Crippen LogP contribution < -0.4 is 4.90 Å². The summed E-state index contributed by atoms with van der Waals surface area (Å²) in [5.74, 6) is 0. The van der Waals surface area contributed by atoms with E-state index in [2.05, 4.69) is 53.2 Å². The first kappa shape index (κ1) is 13.6. The first-order valence-corrected chi connectivity index (χ1v) is 6.67. The molecule has 0 aliphatic heterocycles. The normalized spacial score (nSPS) is 10.9. The molecule has 0 spiro atoms. The Morgan fingerprint density at radius 2 is 1.89 bits per heavy atom. The summed E-state index contributed by atoms with van der Waals surface area (Å²) < 4.78 is 4.84. The molecule has 2 rings (SSSR count). The van der Waals surface area contributed by atoms with Crippen LogP contribution in [0.25, 0.3) is 0 Å². The molecule has 0 radical (unpaired) electrons. The second kappa shape index (κ2) is 6.95. The Balaban J connectivity index is 1.83. The van der Waals surface area contributed by atoms with Gasteiger partial charge in [-0.3, -0.25) is 4.90 Å². The van der Waals surface area contributed by atoms with Gasteiger partial charge in [0.2, 0.25) is 0 Å². The van der Waals surface area contributed by atoms with Crippen LogP contribution in [-0.2, 0) is 6.54 Å². The summed E-state index contributed by atoms with van der Waals surface area (Å²) in [6.07, 6.45) is 1.62. The molecule has 1 heterocycles. The van der Waals surface area contributed by atoms with Gasteiger partial charge in [-0.15, -0.1) is 0 Å². The topological polar surface area (TPSA) is 32.5 Å². The van der Waals surface area contributed by atoms with Gasteiger partial charge in [0.25, 0.3) is 0 Å². The van der Waals surface area contributed by atoms with E-state index in [9.17, 15) is 0 Å². The summed E-state index contributed by atoms with van der Waals surface area (Å²) in [5, 5.41) is 3.93. The maximum atomic E-state index is 4.84. The lowest BCUT2D eigenvalue weighted by molar-refractivity contribution is 0.316. The first-order chi connectivity index (χ1) is 9.29. The lowest BCUT2D eigenvalue weighted by Crippen LogP contribution is -2.33. The van der Waals surface area contributed by atoms with Crippen molar-refractivity contribution >= 4 is 5.69 Å². The molecule has 0 N–H and O–H groups in total. The molecule has 102 valence electrons. The Hall–Kier alpha value is -1.81. The van der Waals surface area contributed by atoms with Gasteiger partial charge < -0.3 is 9.42 Å². The Labute approximate surface area is 114 Å². The molecule has 0 aliphatic rings. The minimum atomic E-state index is 0.822. The minimum Gasteiger partial charge on any atom is -0.371 e. The van der Waals surface area contributed by atoms with Crippen LogP contribution in [0.2, 0.25) is 0 Å². The van der Waals surface area contributed by atoms with E-state index >= 15 is 0 Å². The minimum absolute atomic E-state index is 0.822. The van der Waals surface area contributed by atoms with E-state index < -0.39 is 0 Å². The molecule has 19 heavy (non-hydrogen) atoms. The fourth-order valence-electron chi connectivity index (χ4n) is 2.07. The molecule has 0 fully saturated rings. The van der Waals surface area contributed by atoms with Crippen molar-refractivity contribution < 1.29 is 4.52 Å². The van der Waals surface area contributed by atoms with Crippen molar-refractivity contribution in [3.05, 3.63) is 48.4 Å². The molecule has 0 unspecified atom stereocenters. The SMILES string of the molecule is CCN(CCN(C)Cc1ccon1)c1ccccc1. The van der Waals surface area contributed by atoms with Gasteiger partial charge >= 0.3 is 0 Å². The highest BCUT2D eigenvalue weighted by Gasteiger charge is 2.07. The number of nitrogens with zero attached hydrogens (tertiary/aromatic N) is 3. The number of rotatable bonds is 7. The molecule has 4 nitrogen and oxygen atoms in total. The van der Waals surface area contributed by atoms with Crippen LogP contribution >= 0.6 is 0 Å². The lowest BCUT2D eigenvalue weighted by atomic mass is 10.3. The summed E-state index contributed by atoms with van der Waals surface area (Å²) in [5.41, 5.74) is 2.25. The molecule has 1 aromatic heterocycles. The van der Waals surface area contributed by atoms with E-state index in [1.54, 1.807) is 6.26 Å². The third kappa shape index (κ3) is 4.10. The molecule has 2 aromatic rings. The molecule has 0 bridgehead atoms. The predicted molar refractivity (Wildman–Crippen MR) is 77.2 cm³/mol. The molecule has 0 amide bonds. The largest absolute Gasteiger partial charge is 0.371 e. The van der Waals surface area contributed by atoms with Crippen LogP contribution in [0.15, 0.2) is 47.2 Å². The maximum Gasteiger partial charge on any atom is 0.124 e. The standard InChI is InChI=1S/C15H21N3O/c1-3-18(15-7-5-4-6-8-15)11-10-17(2)13-14-9-12-19-16-14/h4-9,12H,3,10-11,13H2,1-2H3.